The molecule has 3 nitrogen and oxygen atoms in total. The van der Waals surface area contributed by atoms with Crippen LogP contribution in [-0.4, -0.2) is 26.9 Å². The summed E-state index contributed by atoms with van der Waals surface area (Å²) in [6.07, 6.45) is 0.513. The number of hydrogen-bond acceptors (Lipinski definition) is 3. The molecule has 1 atom stereocenters. The third-order valence-corrected chi connectivity index (χ3v) is 5.03. The fourth-order valence-electron chi connectivity index (χ4n) is 2.40. The van der Waals surface area contributed by atoms with Crippen LogP contribution >= 0.6 is 0 Å². The Morgan fingerprint density at radius 2 is 1.88 bits per heavy atom. The first kappa shape index (κ1) is 12.2. The molecule has 0 aliphatic carbocycles. The van der Waals surface area contributed by atoms with Crippen LogP contribution in [0.5, 0.6) is 0 Å². The average molecular weight is 249 g/mol. The van der Waals surface area contributed by atoms with E-state index >= 15 is 0 Å². The zero-order valence-corrected chi connectivity index (χ0v) is 11.6. The van der Waals surface area contributed by atoms with E-state index in [4.69, 9.17) is 4.74 Å². The lowest BCUT2D eigenvalue weighted by Gasteiger charge is -2.40. The summed E-state index contributed by atoms with van der Waals surface area (Å²) in [5, 5.41) is 0. The summed E-state index contributed by atoms with van der Waals surface area (Å²) >= 11 is 0. The highest BCUT2D eigenvalue weighted by molar-refractivity contribution is 6.79. The minimum atomic E-state index is -1.52. The van der Waals surface area contributed by atoms with Crippen LogP contribution in [0.4, 0.5) is 5.69 Å². The van der Waals surface area contributed by atoms with Crippen molar-refractivity contribution in [3.63, 3.8) is 0 Å². The Kier molecular flexibility index (Phi) is 3.24. The zero-order valence-electron chi connectivity index (χ0n) is 10.6. The molecule has 1 aromatic rings. The second-order valence-corrected chi connectivity index (χ2v) is 10.2. The second kappa shape index (κ2) is 4.53. The predicted octanol–water partition coefficient (Wildman–Crippen LogP) is 2.64. The number of carbonyl (C=O) groups excluding carboxylic acids is 1. The Labute approximate surface area is 103 Å². The lowest BCUT2D eigenvalue weighted by atomic mass is 10.2. The monoisotopic (exact) mass is 249 g/mol. The molecule has 1 aliphatic rings. The Balaban J connectivity index is 2.30. The smallest absolute Gasteiger partial charge is 0.308 e. The van der Waals surface area contributed by atoms with Crippen LogP contribution in [0.15, 0.2) is 30.3 Å². The van der Waals surface area contributed by atoms with Gasteiger partial charge in [-0.05, 0) is 12.1 Å². The van der Waals surface area contributed by atoms with E-state index < -0.39 is 8.24 Å². The maximum atomic E-state index is 11.3. The molecule has 1 unspecified atom stereocenters. The third kappa shape index (κ3) is 2.69. The summed E-state index contributed by atoms with van der Waals surface area (Å²) in [7, 11) is -1.52. The van der Waals surface area contributed by atoms with Crippen LogP contribution in [0, 0.1) is 0 Å². The highest BCUT2D eigenvalue weighted by Gasteiger charge is 2.36. The molecular weight excluding hydrogens is 230 g/mol. The Morgan fingerprint density at radius 3 is 2.35 bits per heavy atom. The van der Waals surface area contributed by atoms with Gasteiger partial charge in [0.25, 0.3) is 0 Å². The van der Waals surface area contributed by atoms with E-state index in [2.05, 4.69) is 36.3 Å². The van der Waals surface area contributed by atoms with Crippen molar-refractivity contribution in [1.82, 2.24) is 0 Å². The van der Waals surface area contributed by atoms with E-state index in [-0.39, 0.29) is 12.0 Å². The Hall–Kier alpha value is -1.29. The van der Waals surface area contributed by atoms with Gasteiger partial charge in [0.2, 0.25) is 0 Å². The molecule has 4 heteroatoms. The normalized spacial score (nSPS) is 20.2. The zero-order chi connectivity index (χ0) is 12.5. The molecule has 0 saturated carbocycles. The summed E-state index contributed by atoms with van der Waals surface area (Å²) in [6.45, 7) is 7.41. The molecule has 0 bridgehead atoms. The molecule has 92 valence electrons. The number of nitrogens with zero attached hydrogens (tertiary/aromatic N) is 1. The predicted molar refractivity (Wildman–Crippen MR) is 71.6 cm³/mol. The van der Waals surface area contributed by atoms with Crippen molar-refractivity contribution in [2.45, 2.75) is 32.1 Å². The van der Waals surface area contributed by atoms with Crippen LogP contribution in [0.3, 0.4) is 0 Å². The van der Waals surface area contributed by atoms with Gasteiger partial charge >= 0.3 is 5.97 Å². The van der Waals surface area contributed by atoms with Crippen molar-refractivity contribution in [2.24, 2.45) is 0 Å². The molecule has 1 aromatic carbocycles. The van der Waals surface area contributed by atoms with Crippen LogP contribution in [-0.2, 0) is 9.53 Å². The number of hydrogen-bond donors (Lipinski definition) is 0. The number of cyclic esters (lactones) is 1. The first-order chi connectivity index (χ1) is 7.98. The molecule has 1 fully saturated rings. The minimum absolute atomic E-state index is 0.0748. The van der Waals surface area contributed by atoms with Crippen molar-refractivity contribution in [2.75, 3.05) is 11.2 Å². The summed E-state index contributed by atoms with van der Waals surface area (Å²) in [4.78, 5) is 11.3. The minimum Gasteiger partial charge on any atom is -0.463 e. The molecule has 0 aromatic heterocycles. The van der Waals surface area contributed by atoms with Crippen LogP contribution in [0.25, 0.3) is 0 Å². The number of ether oxygens (including phenoxy) is 1. The maximum absolute atomic E-state index is 11.3. The molecular formula is C13H19NO2Si. The van der Waals surface area contributed by atoms with E-state index in [1.807, 2.05) is 18.2 Å². The highest BCUT2D eigenvalue weighted by atomic mass is 28.3. The van der Waals surface area contributed by atoms with Gasteiger partial charge in [0.1, 0.15) is 14.8 Å². The van der Waals surface area contributed by atoms with E-state index in [0.29, 0.717) is 13.0 Å². The number of para-hydroxylation sites is 1. The number of benzene rings is 1. The number of anilines is 1. The quantitative estimate of drug-likeness (QED) is 0.609. The van der Waals surface area contributed by atoms with Crippen molar-refractivity contribution in [3.05, 3.63) is 30.3 Å². The molecule has 0 spiro atoms. The van der Waals surface area contributed by atoms with Crippen molar-refractivity contribution in [3.8, 4) is 0 Å². The Bertz CT molecular complexity index is 400. The molecule has 2 rings (SSSR count). The van der Waals surface area contributed by atoms with Crippen molar-refractivity contribution in [1.29, 1.82) is 0 Å². The summed E-state index contributed by atoms with van der Waals surface area (Å²) in [6, 6.07) is 10.5. The van der Waals surface area contributed by atoms with E-state index in [9.17, 15) is 4.79 Å². The topological polar surface area (TPSA) is 29.5 Å². The number of carbonyl (C=O) groups is 1. The molecule has 0 N–H and O–H groups in total. The van der Waals surface area contributed by atoms with Gasteiger partial charge in [-0.15, -0.1) is 0 Å². The lowest BCUT2D eigenvalue weighted by Crippen LogP contribution is -2.52. The fourth-order valence-corrected chi connectivity index (χ4v) is 4.58. The largest absolute Gasteiger partial charge is 0.463 e. The molecule has 0 amide bonds. The van der Waals surface area contributed by atoms with Gasteiger partial charge in [-0.1, -0.05) is 37.8 Å². The second-order valence-electron chi connectivity index (χ2n) is 5.42. The van der Waals surface area contributed by atoms with Gasteiger partial charge in [0.15, 0.2) is 0 Å². The van der Waals surface area contributed by atoms with Gasteiger partial charge in [0, 0.05) is 5.69 Å². The SMILES string of the molecule is C[Si](C)(C)N(c1ccccc1)C1COC(=O)C1. The third-order valence-electron chi connectivity index (χ3n) is 2.96. The maximum Gasteiger partial charge on any atom is 0.308 e. The number of rotatable bonds is 3. The van der Waals surface area contributed by atoms with Gasteiger partial charge in [-0.25, -0.2) is 0 Å². The number of esters is 1. The van der Waals surface area contributed by atoms with Crippen LogP contribution in [0.1, 0.15) is 6.42 Å². The van der Waals surface area contributed by atoms with Gasteiger partial charge < -0.3 is 9.30 Å². The van der Waals surface area contributed by atoms with E-state index in [1.54, 1.807) is 0 Å². The fraction of sp³-hybridized carbons (Fsp3) is 0.462. The first-order valence-electron chi connectivity index (χ1n) is 5.98. The molecule has 1 aliphatic heterocycles. The summed E-state index contributed by atoms with van der Waals surface area (Å²) < 4.78 is 7.52. The molecule has 1 saturated heterocycles. The Morgan fingerprint density at radius 1 is 1.24 bits per heavy atom. The van der Waals surface area contributed by atoms with E-state index in [0.717, 1.165) is 0 Å². The van der Waals surface area contributed by atoms with Gasteiger partial charge in [-0.3, -0.25) is 4.79 Å². The van der Waals surface area contributed by atoms with Gasteiger partial charge in [0.05, 0.1) is 12.5 Å². The highest BCUT2D eigenvalue weighted by Crippen LogP contribution is 2.27. The molecule has 17 heavy (non-hydrogen) atoms. The average Bonchev–Trinajstić information content (AvgIpc) is 2.64. The van der Waals surface area contributed by atoms with E-state index in [1.165, 1.54) is 5.69 Å². The molecule has 1 heterocycles. The van der Waals surface area contributed by atoms with Gasteiger partial charge in [-0.2, -0.15) is 0 Å². The first-order valence-corrected chi connectivity index (χ1v) is 9.43. The molecule has 0 radical (unpaired) electrons. The standard InChI is InChI=1S/C13H19NO2Si/c1-17(2,3)14(11-7-5-4-6-8-11)12-9-13(15)16-10-12/h4-8,12H,9-10H2,1-3H3. The van der Waals surface area contributed by atoms with Crippen LogP contribution in [0.2, 0.25) is 19.6 Å². The van der Waals surface area contributed by atoms with Crippen molar-refractivity contribution >= 4 is 19.9 Å². The summed E-state index contributed by atoms with van der Waals surface area (Å²) in [5.41, 5.74) is 1.20. The lowest BCUT2D eigenvalue weighted by molar-refractivity contribution is -0.137. The summed E-state index contributed by atoms with van der Waals surface area (Å²) in [5.74, 6) is -0.0748. The van der Waals surface area contributed by atoms with Crippen molar-refractivity contribution < 1.29 is 9.53 Å². The van der Waals surface area contributed by atoms with Crippen LogP contribution < -0.4 is 4.57 Å².